The van der Waals surface area contributed by atoms with Crippen molar-refractivity contribution in [2.24, 2.45) is 0 Å². The lowest BCUT2D eigenvalue weighted by molar-refractivity contribution is 0.0827. The summed E-state index contributed by atoms with van der Waals surface area (Å²) in [5.41, 5.74) is 8.63. The summed E-state index contributed by atoms with van der Waals surface area (Å²) in [7, 11) is 3.51. The van der Waals surface area contributed by atoms with Gasteiger partial charge in [-0.2, -0.15) is 0 Å². The van der Waals surface area contributed by atoms with Gasteiger partial charge in [-0.1, -0.05) is 6.92 Å². The van der Waals surface area contributed by atoms with E-state index >= 15 is 0 Å². The predicted octanol–water partition coefficient (Wildman–Crippen LogP) is 2.74. The maximum atomic E-state index is 12.0. The molecule has 4 nitrogen and oxygen atoms in total. The van der Waals surface area contributed by atoms with Crippen LogP contribution in [0.5, 0.6) is 0 Å². The lowest BCUT2D eigenvalue weighted by Gasteiger charge is -2.38. The van der Waals surface area contributed by atoms with Crippen LogP contribution in [0.15, 0.2) is 18.2 Å². The van der Waals surface area contributed by atoms with E-state index in [2.05, 4.69) is 11.8 Å². The van der Waals surface area contributed by atoms with Crippen LogP contribution in [0.3, 0.4) is 0 Å². The quantitative estimate of drug-likeness (QED) is 0.863. The SMILES string of the molecule is CCC1CCCCN1c1ccc(C(=O)N(C)C)cc1N. The lowest BCUT2D eigenvalue weighted by atomic mass is 9.98. The first-order valence-corrected chi connectivity index (χ1v) is 7.42. The van der Waals surface area contributed by atoms with E-state index in [4.69, 9.17) is 5.73 Å². The Bertz CT molecular complexity index is 485. The molecule has 0 radical (unpaired) electrons. The molecule has 110 valence electrons. The van der Waals surface area contributed by atoms with Gasteiger partial charge in [0.15, 0.2) is 0 Å². The molecule has 1 fully saturated rings. The fourth-order valence-electron chi connectivity index (χ4n) is 2.95. The van der Waals surface area contributed by atoms with Gasteiger partial charge in [-0.15, -0.1) is 0 Å². The number of hydrogen-bond acceptors (Lipinski definition) is 3. The van der Waals surface area contributed by atoms with Crippen LogP contribution in [-0.4, -0.2) is 37.5 Å². The number of benzene rings is 1. The van der Waals surface area contributed by atoms with E-state index < -0.39 is 0 Å². The first-order chi connectivity index (χ1) is 9.54. The van der Waals surface area contributed by atoms with Gasteiger partial charge in [-0.3, -0.25) is 4.79 Å². The van der Waals surface area contributed by atoms with Crippen LogP contribution in [0.2, 0.25) is 0 Å². The Morgan fingerprint density at radius 2 is 2.15 bits per heavy atom. The third-order valence-electron chi connectivity index (χ3n) is 4.09. The average Bonchev–Trinajstić information content (AvgIpc) is 2.46. The van der Waals surface area contributed by atoms with Crippen LogP contribution in [0.4, 0.5) is 11.4 Å². The molecule has 20 heavy (non-hydrogen) atoms. The number of carbonyl (C=O) groups is 1. The van der Waals surface area contributed by atoms with Gasteiger partial charge in [0.2, 0.25) is 0 Å². The Kier molecular flexibility index (Phi) is 4.53. The molecule has 0 bridgehead atoms. The number of nitrogens with zero attached hydrogens (tertiary/aromatic N) is 2. The van der Waals surface area contributed by atoms with Crippen molar-refractivity contribution >= 4 is 17.3 Å². The molecule has 1 heterocycles. The highest BCUT2D eigenvalue weighted by atomic mass is 16.2. The van der Waals surface area contributed by atoms with Gasteiger partial charge in [0.05, 0.1) is 11.4 Å². The second kappa shape index (κ2) is 6.16. The van der Waals surface area contributed by atoms with Crippen molar-refractivity contribution in [2.45, 2.75) is 38.6 Å². The van der Waals surface area contributed by atoms with E-state index in [1.807, 2.05) is 12.1 Å². The molecule has 1 aliphatic heterocycles. The molecule has 0 aromatic heterocycles. The molecule has 0 aliphatic carbocycles. The number of nitrogens with two attached hydrogens (primary N) is 1. The van der Waals surface area contributed by atoms with E-state index in [9.17, 15) is 4.79 Å². The summed E-state index contributed by atoms with van der Waals surface area (Å²) >= 11 is 0. The van der Waals surface area contributed by atoms with Crippen molar-refractivity contribution in [3.8, 4) is 0 Å². The van der Waals surface area contributed by atoms with E-state index in [0.717, 1.165) is 18.7 Å². The summed E-state index contributed by atoms with van der Waals surface area (Å²) in [6, 6.07) is 6.26. The van der Waals surface area contributed by atoms with E-state index in [1.54, 1.807) is 25.1 Å². The van der Waals surface area contributed by atoms with E-state index in [-0.39, 0.29) is 5.91 Å². The highest BCUT2D eigenvalue weighted by Crippen LogP contribution is 2.31. The molecular formula is C16H25N3O. The largest absolute Gasteiger partial charge is 0.397 e. The van der Waals surface area contributed by atoms with Crippen molar-refractivity contribution in [2.75, 3.05) is 31.3 Å². The maximum Gasteiger partial charge on any atom is 0.253 e. The number of hydrogen-bond donors (Lipinski definition) is 1. The molecular weight excluding hydrogens is 250 g/mol. The zero-order valence-corrected chi connectivity index (χ0v) is 12.7. The van der Waals surface area contributed by atoms with Gasteiger partial charge in [0, 0.05) is 32.2 Å². The number of rotatable bonds is 3. The van der Waals surface area contributed by atoms with E-state index in [0.29, 0.717) is 17.3 Å². The number of amides is 1. The van der Waals surface area contributed by atoms with Crippen molar-refractivity contribution in [1.29, 1.82) is 0 Å². The van der Waals surface area contributed by atoms with Gasteiger partial charge < -0.3 is 15.5 Å². The molecule has 1 aromatic rings. The van der Waals surface area contributed by atoms with Crippen molar-refractivity contribution in [3.63, 3.8) is 0 Å². The molecule has 1 saturated heterocycles. The van der Waals surface area contributed by atoms with Crippen LogP contribution in [-0.2, 0) is 0 Å². The van der Waals surface area contributed by atoms with Crippen molar-refractivity contribution in [3.05, 3.63) is 23.8 Å². The summed E-state index contributed by atoms with van der Waals surface area (Å²) in [6.07, 6.45) is 4.88. The molecule has 1 aromatic carbocycles. The first kappa shape index (κ1) is 14.7. The molecule has 1 aliphatic rings. The molecule has 0 spiro atoms. The third kappa shape index (κ3) is 2.89. The Balaban J connectivity index is 2.27. The van der Waals surface area contributed by atoms with Gasteiger partial charge in [0.25, 0.3) is 5.91 Å². The number of piperidine rings is 1. The molecule has 2 N–H and O–H groups in total. The van der Waals surface area contributed by atoms with Crippen LogP contribution in [0.1, 0.15) is 43.0 Å². The van der Waals surface area contributed by atoms with Crippen molar-refractivity contribution in [1.82, 2.24) is 4.90 Å². The molecule has 0 saturated carbocycles. The smallest absolute Gasteiger partial charge is 0.253 e. The van der Waals surface area contributed by atoms with E-state index in [1.165, 1.54) is 19.3 Å². The summed E-state index contributed by atoms with van der Waals surface area (Å²) < 4.78 is 0. The molecule has 1 atom stereocenters. The molecule has 1 amide bonds. The molecule has 4 heteroatoms. The van der Waals surface area contributed by atoms with Crippen LogP contribution < -0.4 is 10.6 Å². The molecule has 2 rings (SSSR count). The zero-order chi connectivity index (χ0) is 14.7. The Morgan fingerprint density at radius 3 is 2.75 bits per heavy atom. The summed E-state index contributed by atoms with van der Waals surface area (Å²) in [6.45, 7) is 3.28. The number of carbonyl (C=O) groups excluding carboxylic acids is 1. The number of nitrogen functional groups attached to an aromatic ring is 1. The van der Waals surface area contributed by atoms with Gasteiger partial charge in [-0.05, 0) is 43.9 Å². The maximum absolute atomic E-state index is 12.0. The Morgan fingerprint density at radius 1 is 1.40 bits per heavy atom. The third-order valence-corrected chi connectivity index (χ3v) is 4.09. The average molecular weight is 275 g/mol. The standard InChI is InChI=1S/C16H25N3O/c1-4-13-7-5-6-10-19(13)15-9-8-12(11-14(15)17)16(20)18(2)3/h8-9,11,13H,4-7,10,17H2,1-3H3. The monoisotopic (exact) mass is 275 g/mol. The van der Waals surface area contributed by atoms with Crippen LogP contribution in [0.25, 0.3) is 0 Å². The van der Waals surface area contributed by atoms with Gasteiger partial charge in [-0.25, -0.2) is 0 Å². The second-order valence-corrected chi connectivity index (χ2v) is 5.72. The Hall–Kier alpha value is -1.71. The fraction of sp³-hybridized carbons (Fsp3) is 0.562. The van der Waals surface area contributed by atoms with Crippen LogP contribution >= 0.6 is 0 Å². The minimum atomic E-state index is -0.00562. The van der Waals surface area contributed by atoms with Gasteiger partial charge in [0.1, 0.15) is 0 Å². The lowest BCUT2D eigenvalue weighted by Crippen LogP contribution is -2.39. The second-order valence-electron chi connectivity index (χ2n) is 5.72. The normalized spacial score (nSPS) is 18.9. The summed E-state index contributed by atoms with van der Waals surface area (Å²) in [4.78, 5) is 15.9. The Labute approximate surface area is 121 Å². The minimum Gasteiger partial charge on any atom is -0.397 e. The van der Waals surface area contributed by atoms with Gasteiger partial charge >= 0.3 is 0 Å². The van der Waals surface area contributed by atoms with Crippen molar-refractivity contribution < 1.29 is 4.79 Å². The highest BCUT2D eigenvalue weighted by molar-refractivity contribution is 5.95. The predicted molar refractivity (Wildman–Crippen MR) is 84.1 cm³/mol. The van der Waals surface area contributed by atoms with Crippen LogP contribution in [0, 0.1) is 0 Å². The highest BCUT2D eigenvalue weighted by Gasteiger charge is 2.23. The zero-order valence-electron chi connectivity index (χ0n) is 12.7. The fourth-order valence-corrected chi connectivity index (χ4v) is 2.95. The summed E-state index contributed by atoms with van der Waals surface area (Å²) in [5, 5.41) is 0. The number of anilines is 2. The first-order valence-electron chi connectivity index (χ1n) is 7.42. The topological polar surface area (TPSA) is 49.6 Å². The summed E-state index contributed by atoms with van der Waals surface area (Å²) in [5.74, 6) is -0.00562. The minimum absolute atomic E-state index is 0.00562. The molecule has 1 unspecified atom stereocenters.